The molecule has 0 aliphatic rings. The van der Waals surface area contributed by atoms with Crippen molar-refractivity contribution in [1.29, 1.82) is 5.26 Å². The van der Waals surface area contributed by atoms with Gasteiger partial charge in [-0.3, -0.25) is 14.9 Å². The number of nitro groups is 1. The lowest BCUT2D eigenvalue weighted by atomic mass is 10.1. The number of anilines is 1. The summed E-state index contributed by atoms with van der Waals surface area (Å²) in [5.41, 5.74) is 0.485. The number of hydrogen-bond donors (Lipinski definition) is 1. The van der Waals surface area contributed by atoms with E-state index in [1.807, 2.05) is 6.07 Å². The Labute approximate surface area is 128 Å². The maximum Gasteiger partial charge on any atom is 0.270 e. The van der Waals surface area contributed by atoms with Gasteiger partial charge in [-0.05, 0) is 30.3 Å². The Morgan fingerprint density at radius 1 is 1.24 bits per heavy atom. The normalized spacial score (nSPS) is 9.71. The van der Waals surface area contributed by atoms with E-state index >= 15 is 0 Å². The topological polar surface area (TPSA) is 96.0 Å². The van der Waals surface area contributed by atoms with Crippen LogP contribution in [0.5, 0.6) is 0 Å². The first-order valence-corrected chi connectivity index (χ1v) is 6.56. The van der Waals surface area contributed by atoms with Crippen molar-refractivity contribution in [2.75, 3.05) is 5.32 Å². The van der Waals surface area contributed by atoms with Gasteiger partial charge in [-0.1, -0.05) is 15.9 Å². The minimum Gasteiger partial charge on any atom is -0.321 e. The number of rotatable bonds is 3. The van der Waals surface area contributed by atoms with Crippen LogP contribution in [0, 0.1) is 21.4 Å². The third-order valence-electron chi connectivity index (χ3n) is 2.69. The third kappa shape index (κ3) is 3.43. The highest BCUT2D eigenvalue weighted by atomic mass is 79.9. The molecule has 0 unspecified atom stereocenters. The molecule has 0 aliphatic carbocycles. The van der Waals surface area contributed by atoms with E-state index in [1.54, 1.807) is 24.3 Å². The monoisotopic (exact) mass is 345 g/mol. The van der Waals surface area contributed by atoms with Gasteiger partial charge in [0, 0.05) is 22.2 Å². The van der Waals surface area contributed by atoms with E-state index < -0.39 is 10.8 Å². The molecular formula is C14H8BrN3O3. The van der Waals surface area contributed by atoms with Gasteiger partial charge in [0.2, 0.25) is 0 Å². The zero-order valence-corrected chi connectivity index (χ0v) is 12.1. The Kier molecular flexibility index (Phi) is 4.30. The molecule has 2 rings (SSSR count). The van der Waals surface area contributed by atoms with Crippen molar-refractivity contribution in [2.45, 2.75) is 0 Å². The van der Waals surface area contributed by atoms with Gasteiger partial charge < -0.3 is 5.32 Å². The lowest BCUT2D eigenvalue weighted by Crippen LogP contribution is -2.12. The number of halogens is 1. The number of hydrogen-bond acceptors (Lipinski definition) is 4. The van der Waals surface area contributed by atoms with Crippen molar-refractivity contribution in [1.82, 2.24) is 0 Å². The SMILES string of the molecule is N#Cc1cc([N+](=O)[O-])ccc1NC(=O)c1ccc(Br)cc1. The number of non-ortho nitro benzene ring substituents is 1. The maximum atomic E-state index is 12.0. The molecule has 0 saturated heterocycles. The van der Waals surface area contributed by atoms with Crippen molar-refractivity contribution in [3.63, 3.8) is 0 Å². The highest BCUT2D eigenvalue weighted by Gasteiger charge is 2.13. The summed E-state index contributed by atoms with van der Waals surface area (Å²) in [6.45, 7) is 0. The molecule has 2 aromatic rings. The van der Waals surface area contributed by atoms with Crippen LogP contribution in [0.3, 0.4) is 0 Å². The lowest BCUT2D eigenvalue weighted by Gasteiger charge is -2.07. The summed E-state index contributed by atoms with van der Waals surface area (Å²) >= 11 is 3.27. The number of benzene rings is 2. The molecule has 0 aromatic heterocycles. The standard InChI is InChI=1S/C14H8BrN3O3/c15-11-3-1-9(2-4-11)14(19)17-13-6-5-12(18(20)21)7-10(13)8-16/h1-7H,(H,17,19). The Balaban J connectivity index is 2.27. The first-order chi connectivity index (χ1) is 10.0. The average molecular weight is 346 g/mol. The Bertz CT molecular complexity index is 751. The van der Waals surface area contributed by atoms with Crippen LogP contribution >= 0.6 is 15.9 Å². The number of carbonyl (C=O) groups is 1. The van der Waals surface area contributed by atoms with Crippen molar-refractivity contribution < 1.29 is 9.72 Å². The first kappa shape index (κ1) is 14.7. The van der Waals surface area contributed by atoms with Crippen LogP contribution in [0.15, 0.2) is 46.9 Å². The van der Waals surface area contributed by atoms with Gasteiger partial charge in [-0.15, -0.1) is 0 Å². The van der Waals surface area contributed by atoms with Gasteiger partial charge in [0.05, 0.1) is 16.2 Å². The minimum atomic E-state index is -0.596. The van der Waals surface area contributed by atoms with Crippen LogP contribution in [0.2, 0.25) is 0 Å². The van der Waals surface area contributed by atoms with Crippen LogP contribution in [-0.2, 0) is 0 Å². The second-order valence-electron chi connectivity index (χ2n) is 4.06. The summed E-state index contributed by atoms with van der Waals surface area (Å²) in [6, 6.07) is 12.2. The molecule has 0 saturated carbocycles. The average Bonchev–Trinajstić information content (AvgIpc) is 2.48. The molecule has 7 heteroatoms. The molecule has 0 atom stereocenters. The summed E-state index contributed by atoms with van der Waals surface area (Å²) in [6.07, 6.45) is 0. The van der Waals surface area contributed by atoms with Crippen LogP contribution in [-0.4, -0.2) is 10.8 Å². The maximum absolute atomic E-state index is 12.0. The molecule has 1 amide bonds. The van der Waals surface area contributed by atoms with E-state index in [9.17, 15) is 14.9 Å². The largest absolute Gasteiger partial charge is 0.321 e. The van der Waals surface area contributed by atoms with E-state index in [4.69, 9.17) is 5.26 Å². The molecule has 0 spiro atoms. The van der Waals surface area contributed by atoms with Crippen molar-refractivity contribution in [3.05, 3.63) is 68.2 Å². The van der Waals surface area contributed by atoms with Gasteiger partial charge in [0.1, 0.15) is 6.07 Å². The summed E-state index contributed by atoms with van der Waals surface area (Å²) in [4.78, 5) is 22.1. The molecule has 0 fully saturated rings. The van der Waals surface area contributed by atoms with E-state index in [2.05, 4.69) is 21.2 Å². The zero-order valence-electron chi connectivity index (χ0n) is 10.5. The number of amides is 1. The van der Waals surface area contributed by atoms with Gasteiger partial charge >= 0.3 is 0 Å². The predicted octanol–water partition coefficient (Wildman–Crippen LogP) is 3.48. The molecule has 6 nitrogen and oxygen atoms in total. The third-order valence-corrected chi connectivity index (χ3v) is 3.22. The predicted molar refractivity (Wildman–Crippen MR) is 79.9 cm³/mol. The highest BCUT2D eigenvalue weighted by Crippen LogP contribution is 2.22. The Morgan fingerprint density at radius 3 is 2.48 bits per heavy atom. The van der Waals surface area contributed by atoms with Crippen molar-refractivity contribution >= 4 is 33.2 Å². The smallest absolute Gasteiger partial charge is 0.270 e. The quantitative estimate of drug-likeness (QED) is 0.680. The minimum absolute atomic E-state index is 0.0367. The number of nitrogens with one attached hydrogen (secondary N) is 1. The van der Waals surface area contributed by atoms with Gasteiger partial charge in [0.25, 0.3) is 11.6 Å². The Hall–Kier alpha value is -2.72. The van der Waals surface area contributed by atoms with E-state index in [-0.39, 0.29) is 16.9 Å². The molecule has 0 aliphatic heterocycles. The van der Waals surface area contributed by atoms with Crippen LogP contribution in [0.1, 0.15) is 15.9 Å². The first-order valence-electron chi connectivity index (χ1n) is 5.76. The van der Waals surface area contributed by atoms with E-state index in [0.29, 0.717) is 5.56 Å². The van der Waals surface area contributed by atoms with Gasteiger partial charge in [-0.2, -0.15) is 5.26 Å². The summed E-state index contributed by atoms with van der Waals surface area (Å²) < 4.78 is 0.840. The molecule has 104 valence electrons. The fourth-order valence-electron chi connectivity index (χ4n) is 1.64. The van der Waals surface area contributed by atoms with Crippen LogP contribution in [0.25, 0.3) is 0 Å². The zero-order chi connectivity index (χ0) is 15.4. The Morgan fingerprint density at radius 2 is 1.90 bits per heavy atom. The number of nitriles is 1. The lowest BCUT2D eigenvalue weighted by molar-refractivity contribution is -0.384. The fraction of sp³-hybridized carbons (Fsp3) is 0. The van der Waals surface area contributed by atoms with Gasteiger partial charge in [-0.25, -0.2) is 0 Å². The van der Waals surface area contributed by atoms with Crippen LogP contribution in [0.4, 0.5) is 11.4 Å². The molecule has 0 radical (unpaired) electrons. The van der Waals surface area contributed by atoms with Crippen molar-refractivity contribution in [3.8, 4) is 6.07 Å². The summed E-state index contributed by atoms with van der Waals surface area (Å²) in [5.74, 6) is -0.396. The number of nitro benzene ring substituents is 1. The second kappa shape index (κ2) is 6.15. The summed E-state index contributed by atoms with van der Waals surface area (Å²) in [5, 5.41) is 22.2. The van der Waals surface area contributed by atoms with Gasteiger partial charge in [0.15, 0.2) is 0 Å². The molecule has 0 bridgehead atoms. The fourth-order valence-corrected chi connectivity index (χ4v) is 1.91. The number of carbonyl (C=O) groups excluding carboxylic acids is 1. The number of nitrogens with zero attached hydrogens (tertiary/aromatic N) is 2. The van der Waals surface area contributed by atoms with E-state index in [0.717, 1.165) is 10.5 Å². The summed E-state index contributed by atoms with van der Waals surface area (Å²) in [7, 11) is 0. The molecule has 2 aromatic carbocycles. The molecule has 21 heavy (non-hydrogen) atoms. The highest BCUT2D eigenvalue weighted by molar-refractivity contribution is 9.10. The molecule has 1 N–H and O–H groups in total. The molecule has 0 heterocycles. The van der Waals surface area contributed by atoms with E-state index in [1.165, 1.54) is 12.1 Å². The second-order valence-corrected chi connectivity index (χ2v) is 4.98. The molecular weight excluding hydrogens is 338 g/mol. The van der Waals surface area contributed by atoms with Crippen molar-refractivity contribution in [2.24, 2.45) is 0 Å². The van der Waals surface area contributed by atoms with Crippen LogP contribution < -0.4 is 5.32 Å².